The van der Waals surface area contributed by atoms with Gasteiger partial charge in [0, 0.05) is 38.6 Å². The van der Waals surface area contributed by atoms with Crippen LogP contribution < -0.4 is 10.2 Å². The van der Waals surface area contributed by atoms with Crippen LogP contribution in [0.3, 0.4) is 0 Å². The topological polar surface area (TPSA) is 101 Å². The normalized spacial score (nSPS) is 14.5. The summed E-state index contributed by atoms with van der Waals surface area (Å²) in [5.74, 6) is -0.407. The molecule has 0 aliphatic carbocycles. The summed E-state index contributed by atoms with van der Waals surface area (Å²) in [5, 5.41) is 2.82. The predicted octanol–water partition coefficient (Wildman–Crippen LogP) is 2.83. The summed E-state index contributed by atoms with van der Waals surface area (Å²) in [6.45, 7) is 7.78. The Kier molecular flexibility index (Phi) is 6.17. The molecular formula is C19H23ClN6O3. The molecule has 0 radical (unpaired) electrons. The first-order valence-electron chi connectivity index (χ1n) is 9.20. The van der Waals surface area contributed by atoms with E-state index in [0.717, 1.165) is 5.69 Å². The largest absolute Gasteiger partial charge is 0.444 e. The number of ether oxygens (including phenoxy) is 1. The van der Waals surface area contributed by atoms with Crippen molar-refractivity contribution in [2.45, 2.75) is 26.4 Å². The highest BCUT2D eigenvalue weighted by Gasteiger charge is 2.27. The van der Waals surface area contributed by atoms with Gasteiger partial charge in [-0.3, -0.25) is 9.78 Å². The molecule has 0 unspecified atom stereocenters. The fraction of sp³-hybridized carbons (Fsp3) is 0.421. The molecule has 3 rings (SSSR count). The smallest absolute Gasteiger partial charge is 0.410 e. The zero-order valence-electron chi connectivity index (χ0n) is 16.6. The SMILES string of the molecule is CC(C)(C)OC(=O)N1CCN(c2ccncc2NC(=O)c2ccnc(Cl)n2)CC1. The Bertz CT molecular complexity index is 894. The van der Waals surface area contributed by atoms with E-state index >= 15 is 0 Å². The maximum absolute atomic E-state index is 12.5. The van der Waals surface area contributed by atoms with Crippen molar-refractivity contribution < 1.29 is 14.3 Å². The van der Waals surface area contributed by atoms with E-state index < -0.39 is 11.5 Å². The molecule has 2 aromatic rings. The van der Waals surface area contributed by atoms with E-state index in [4.69, 9.17) is 16.3 Å². The fourth-order valence-electron chi connectivity index (χ4n) is 2.86. The molecule has 0 saturated carbocycles. The molecule has 0 spiro atoms. The zero-order valence-corrected chi connectivity index (χ0v) is 17.3. The third-order valence-corrected chi connectivity index (χ3v) is 4.36. The molecule has 10 heteroatoms. The van der Waals surface area contributed by atoms with Crippen LogP contribution in [-0.2, 0) is 4.74 Å². The Balaban J connectivity index is 1.67. The summed E-state index contributed by atoms with van der Waals surface area (Å²) >= 11 is 5.76. The highest BCUT2D eigenvalue weighted by molar-refractivity contribution is 6.28. The van der Waals surface area contributed by atoms with Crippen LogP contribution in [0.4, 0.5) is 16.2 Å². The molecule has 9 nitrogen and oxygen atoms in total. The summed E-state index contributed by atoms with van der Waals surface area (Å²) in [4.78, 5) is 40.3. The molecule has 29 heavy (non-hydrogen) atoms. The molecule has 1 N–H and O–H groups in total. The van der Waals surface area contributed by atoms with Gasteiger partial charge in [0.25, 0.3) is 5.91 Å². The summed E-state index contributed by atoms with van der Waals surface area (Å²) < 4.78 is 5.43. The third-order valence-electron chi connectivity index (χ3n) is 4.18. The van der Waals surface area contributed by atoms with Crippen LogP contribution in [0.15, 0.2) is 30.7 Å². The number of nitrogens with zero attached hydrogens (tertiary/aromatic N) is 5. The molecule has 2 aromatic heterocycles. The van der Waals surface area contributed by atoms with Crippen molar-refractivity contribution in [2.75, 3.05) is 36.4 Å². The number of anilines is 2. The van der Waals surface area contributed by atoms with Gasteiger partial charge in [0.15, 0.2) is 0 Å². The number of hydrogen-bond acceptors (Lipinski definition) is 7. The van der Waals surface area contributed by atoms with Crippen molar-refractivity contribution >= 4 is 35.0 Å². The van der Waals surface area contributed by atoms with Crippen LogP contribution in [0.25, 0.3) is 0 Å². The lowest BCUT2D eigenvalue weighted by Crippen LogP contribution is -2.50. The van der Waals surface area contributed by atoms with E-state index in [1.807, 2.05) is 26.8 Å². The van der Waals surface area contributed by atoms with Crippen molar-refractivity contribution in [3.63, 3.8) is 0 Å². The van der Waals surface area contributed by atoms with Gasteiger partial charge in [0.05, 0.1) is 17.6 Å². The van der Waals surface area contributed by atoms with E-state index in [2.05, 4.69) is 25.2 Å². The highest BCUT2D eigenvalue weighted by atomic mass is 35.5. The van der Waals surface area contributed by atoms with Crippen molar-refractivity contribution in [1.82, 2.24) is 19.9 Å². The first kappa shape index (κ1) is 20.8. The Hall–Kier alpha value is -2.94. The van der Waals surface area contributed by atoms with E-state index in [9.17, 15) is 9.59 Å². The van der Waals surface area contributed by atoms with Crippen molar-refractivity contribution in [3.05, 3.63) is 41.7 Å². The molecule has 0 aromatic carbocycles. The number of piperazine rings is 1. The first-order chi connectivity index (χ1) is 13.7. The number of hydrogen-bond donors (Lipinski definition) is 1. The van der Waals surface area contributed by atoms with Crippen LogP contribution in [0.2, 0.25) is 5.28 Å². The summed E-state index contributed by atoms with van der Waals surface area (Å²) in [7, 11) is 0. The second-order valence-corrected chi connectivity index (χ2v) is 7.85. The number of amides is 2. The number of rotatable bonds is 3. The van der Waals surface area contributed by atoms with Gasteiger partial charge in [-0.1, -0.05) is 0 Å². The van der Waals surface area contributed by atoms with Crippen molar-refractivity contribution in [1.29, 1.82) is 0 Å². The van der Waals surface area contributed by atoms with E-state index in [0.29, 0.717) is 31.9 Å². The zero-order chi connectivity index (χ0) is 21.0. The molecule has 3 heterocycles. The lowest BCUT2D eigenvalue weighted by Gasteiger charge is -2.37. The van der Waals surface area contributed by atoms with Crippen LogP contribution in [0, 0.1) is 0 Å². The quantitative estimate of drug-likeness (QED) is 0.765. The van der Waals surface area contributed by atoms with Gasteiger partial charge in [-0.25, -0.2) is 14.8 Å². The van der Waals surface area contributed by atoms with E-state index in [-0.39, 0.29) is 17.1 Å². The van der Waals surface area contributed by atoms with Gasteiger partial charge in [-0.05, 0) is 44.5 Å². The fourth-order valence-corrected chi connectivity index (χ4v) is 3.01. The molecule has 1 fully saturated rings. The van der Waals surface area contributed by atoms with E-state index in [1.165, 1.54) is 12.3 Å². The molecule has 0 bridgehead atoms. The van der Waals surface area contributed by atoms with Crippen LogP contribution in [-0.4, -0.2) is 63.6 Å². The summed E-state index contributed by atoms with van der Waals surface area (Å²) in [5.41, 5.74) is 1.01. The van der Waals surface area contributed by atoms with Crippen molar-refractivity contribution in [3.8, 4) is 0 Å². The molecule has 1 aliphatic rings. The minimum absolute atomic E-state index is 0.00215. The number of carbonyl (C=O) groups excluding carboxylic acids is 2. The van der Waals surface area contributed by atoms with Gasteiger partial charge in [0.2, 0.25) is 5.28 Å². The lowest BCUT2D eigenvalue weighted by molar-refractivity contribution is 0.0240. The number of nitrogens with one attached hydrogen (secondary N) is 1. The van der Waals surface area contributed by atoms with Crippen molar-refractivity contribution in [2.24, 2.45) is 0 Å². The Morgan fingerprint density at radius 2 is 1.86 bits per heavy atom. The number of aromatic nitrogens is 3. The van der Waals surface area contributed by atoms with Gasteiger partial charge in [0.1, 0.15) is 11.3 Å². The summed E-state index contributed by atoms with van der Waals surface area (Å²) in [6, 6.07) is 3.31. The average Bonchev–Trinajstić information content (AvgIpc) is 2.67. The molecule has 154 valence electrons. The Labute approximate surface area is 174 Å². The molecule has 0 atom stereocenters. The van der Waals surface area contributed by atoms with Crippen LogP contribution in [0.1, 0.15) is 31.3 Å². The Morgan fingerprint density at radius 3 is 2.52 bits per heavy atom. The second kappa shape index (κ2) is 8.60. The molecule has 1 aliphatic heterocycles. The third kappa shape index (κ3) is 5.54. The molecule has 2 amide bonds. The van der Waals surface area contributed by atoms with Gasteiger partial charge >= 0.3 is 6.09 Å². The minimum atomic E-state index is -0.527. The molecular weight excluding hydrogens is 396 g/mol. The van der Waals surface area contributed by atoms with E-state index in [1.54, 1.807) is 17.3 Å². The van der Waals surface area contributed by atoms with Gasteiger partial charge in [-0.15, -0.1) is 0 Å². The second-order valence-electron chi connectivity index (χ2n) is 7.51. The number of carbonyl (C=O) groups is 2. The lowest BCUT2D eigenvalue weighted by atomic mass is 10.2. The average molecular weight is 419 g/mol. The standard InChI is InChI=1S/C19H23ClN6O3/c1-19(2,3)29-18(28)26-10-8-25(9-11-26)15-5-6-21-12-14(15)23-16(27)13-4-7-22-17(20)24-13/h4-7,12H,8-11H2,1-3H3,(H,23,27). The van der Waals surface area contributed by atoms with Gasteiger partial charge < -0.3 is 19.9 Å². The maximum atomic E-state index is 12.5. The number of halogens is 1. The first-order valence-corrected chi connectivity index (χ1v) is 9.57. The van der Waals surface area contributed by atoms with Crippen LogP contribution in [0.5, 0.6) is 0 Å². The summed E-state index contributed by atoms with van der Waals surface area (Å²) in [6.07, 6.45) is 4.34. The van der Waals surface area contributed by atoms with Gasteiger partial charge in [-0.2, -0.15) is 0 Å². The predicted molar refractivity (Wildman–Crippen MR) is 109 cm³/mol. The molecule has 1 saturated heterocycles. The number of pyridine rings is 1. The maximum Gasteiger partial charge on any atom is 0.410 e. The highest BCUT2D eigenvalue weighted by Crippen LogP contribution is 2.26. The Morgan fingerprint density at radius 1 is 1.14 bits per heavy atom. The monoisotopic (exact) mass is 418 g/mol. The minimum Gasteiger partial charge on any atom is -0.444 e. The van der Waals surface area contributed by atoms with Crippen LogP contribution >= 0.6 is 11.6 Å².